The fourth-order valence-electron chi connectivity index (χ4n) is 2.23. The van der Waals surface area contributed by atoms with Crippen LogP contribution < -0.4 is 16.0 Å². The Labute approximate surface area is 160 Å². The van der Waals surface area contributed by atoms with E-state index in [1.807, 2.05) is 49.5 Å². The zero-order chi connectivity index (χ0) is 16.5. The van der Waals surface area contributed by atoms with Gasteiger partial charge >= 0.3 is 0 Å². The van der Waals surface area contributed by atoms with Gasteiger partial charge in [0.2, 0.25) is 0 Å². The first-order valence-electron chi connectivity index (χ1n) is 7.60. The third kappa shape index (κ3) is 6.37. The van der Waals surface area contributed by atoms with Crippen molar-refractivity contribution in [3.63, 3.8) is 0 Å². The van der Waals surface area contributed by atoms with Crippen LogP contribution in [0, 0.1) is 0 Å². The molecule has 2 rings (SSSR count). The summed E-state index contributed by atoms with van der Waals surface area (Å²) in [6.45, 7) is 1.95. The predicted molar refractivity (Wildman–Crippen MR) is 112 cm³/mol. The summed E-state index contributed by atoms with van der Waals surface area (Å²) in [5, 5.41) is 3.14. The standard InChI is InChI=1S/C18H24N4O.HI/c1-22(16-9-4-3-5-10-16)13-12-20-18(19)21-17-11-7-6-8-15(17)14-23-2;/h3-11H,12-14H2,1-2H3,(H3,19,20,21);1H. The second-order valence-corrected chi connectivity index (χ2v) is 5.24. The number of guanidine groups is 1. The van der Waals surface area contributed by atoms with Gasteiger partial charge in [-0.05, 0) is 18.2 Å². The van der Waals surface area contributed by atoms with E-state index >= 15 is 0 Å². The SMILES string of the molecule is COCc1ccccc1NC(N)=NCCN(C)c1ccccc1.I. The molecule has 0 saturated heterocycles. The molecule has 5 nitrogen and oxygen atoms in total. The summed E-state index contributed by atoms with van der Waals surface area (Å²) in [6.07, 6.45) is 0. The summed E-state index contributed by atoms with van der Waals surface area (Å²) in [7, 11) is 3.72. The number of nitrogens with one attached hydrogen (secondary N) is 1. The van der Waals surface area contributed by atoms with E-state index in [0.29, 0.717) is 19.1 Å². The summed E-state index contributed by atoms with van der Waals surface area (Å²) >= 11 is 0. The number of ether oxygens (including phenoxy) is 1. The Hall–Kier alpha value is -1.80. The number of likely N-dealkylation sites (N-methyl/N-ethyl adjacent to an activating group) is 1. The van der Waals surface area contributed by atoms with Gasteiger partial charge in [-0.1, -0.05) is 36.4 Å². The molecule has 0 unspecified atom stereocenters. The van der Waals surface area contributed by atoms with Crippen LogP contribution in [0.1, 0.15) is 5.56 Å². The Morgan fingerprint density at radius 1 is 1.12 bits per heavy atom. The predicted octanol–water partition coefficient (Wildman–Crippen LogP) is 3.31. The maximum atomic E-state index is 5.98. The maximum Gasteiger partial charge on any atom is 0.193 e. The Balaban J connectivity index is 0.00000288. The normalized spacial score (nSPS) is 10.8. The van der Waals surface area contributed by atoms with E-state index in [4.69, 9.17) is 10.5 Å². The lowest BCUT2D eigenvalue weighted by Gasteiger charge is -2.18. The van der Waals surface area contributed by atoms with Crippen LogP contribution in [0.15, 0.2) is 59.6 Å². The third-order valence-corrected chi connectivity index (χ3v) is 3.49. The monoisotopic (exact) mass is 440 g/mol. The van der Waals surface area contributed by atoms with Crippen molar-refractivity contribution in [3.05, 3.63) is 60.2 Å². The van der Waals surface area contributed by atoms with Crippen LogP contribution in [0.5, 0.6) is 0 Å². The van der Waals surface area contributed by atoms with Crippen molar-refractivity contribution < 1.29 is 4.74 Å². The van der Waals surface area contributed by atoms with Crippen molar-refractivity contribution >= 4 is 41.3 Å². The van der Waals surface area contributed by atoms with Gasteiger partial charge in [0.05, 0.1) is 13.2 Å². The van der Waals surface area contributed by atoms with Gasteiger partial charge in [-0.15, -0.1) is 24.0 Å². The van der Waals surface area contributed by atoms with Crippen LogP contribution in [0.4, 0.5) is 11.4 Å². The lowest BCUT2D eigenvalue weighted by atomic mass is 10.2. The average molecular weight is 440 g/mol. The molecule has 24 heavy (non-hydrogen) atoms. The number of hydrogen-bond acceptors (Lipinski definition) is 3. The van der Waals surface area contributed by atoms with Gasteiger partial charge in [0, 0.05) is 37.6 Å². The summed E-state index contributed by atoms with van der Waals surface area (Å²) in [5.41, 5.74) is 9.12. The number of halogens is 1. The number of hydrogen-bond donors (Lipinski definition) is 2. The maximum absolute atomic E-state index is 5.98. The molecule has 0 saturated carbocycles. The summed E-state index contributed by atoms with van der Waals surface area (Å²) in [5.74, 6) is 0.412. The smallest absolute Gasteiger partial charge is 0.193 e. The molecule has 0 spiro atoms. The number of aliphatic imine (C=N–C) groups is 1. The minimum absolute atomic E-state index is 0. The van der Waals surface area contributed by atoms with Crippen LogP contribution in [-0.2, 0) is 11.3 Å². The largest absolute Gasteiger partial charge is 0.380 e. The van der Waals surface area contributed by atoms with Gasteiger partial charge in [-0.25, -0.2) is 0 Å². The van der Waals surface area contributed by atoms with Crippen molar-refractivity contribution in [1.29, 1.82) is 0 Å². The van der Waals surface area contributed by atoms with Crippen LogP contribution >= 0.6 is 24.0 Å². The molecule has 3 N–H and O–H groups in total. The quantitative estimate of drug-likeness (QED) is 0.394. The molecule has 6 heteroatoms. The van der Waals surface area contributed by atoms with E-state index in [1.165, 1.54) is 5.69 Å². The van der Waals surface area contributed by atoms with E-state index < -0.39 is 0 Å². The van der Waals surface area contributed by atoms with E-state index in [9.17, 15) is 0 Å². The number of rotatable bonds is 7. The second kappa shape index (κ2) is 10.9. The zero-order valence-electron chi connectivity index (χ0n) is 14.1. The van der Waals surface area contributed by atoms with Crippen molar-refractivity contribution in [2.45, 2.75) is 6.61 Å². The number of benzene rings is 2. The topological polar surface area (TPSA) is 62.9 Å². The molecule has 0 atom stereocenters. The van der Waals surface area contributed by atoms with Gasteiger partial charge < -0.3 is 20.7 Å². The lowest BCUT2D eigenvalue weighted by Crippen LogP contribution is -2.26. The first-order chi connectivity index (χ1) is 11.2. The molecule has 0 bridgehead atoms. The Kier molecular flexibility index (Phi) is 9.18. The van der Waals surface area contributed by atoms with Gasteiger partial charge in [-0.2, -0.15) is 0 Å². The molecular weight excluding hydrogens is 415 g/mol. The lowest BCUT2D eigenvalue weighted by molar-refractivity contribution is 0.185. The number of para-hydroxylation sites is 2. The van der Waals surface area contributed by atoms with Crippen LogP contribution in [0.3, 0.4) is 0 Å². The highest BCUT2D eigenvalue weighted by molar-refractivity contribution is 14.0. The molecule has 2 aromatic rings. The molecule has 0 heterocycles. The average Bonchev–Trinajstić information content (AvgIpc) is 2.57. The minimum atomic E-state index is 0. The Morgan fingerprint density at radius 3 is 2.50 bits per heavy atom. The molecule has 0 aliphatic carbocycles. The molecule has 0 aromatic heterocycles. The first kappa shape index (κ1) is 20.2. The van der Waals surface area contributed by atoms with Crippen molar-refractivity contribution in [2.24, 2.45) is 10.7 Å². The van der Waals surface area contributed by atoms with Gasteiger partial charge in [0.1, 0.15) is 0 Å². The number of methoxy groups -OCH3 is 1. The van der Waals surface area contributed by atoms with E-state index in [0.717, 1.165) is 17.8 Å². The van der Waals surface area contributed by atoms with E-state index in [-0.39, 0.29) is 24.0 Å². The highest BCUT2D eigenvalue weighted by Gasteiger charge is 2.03. The summed E-state index contributed by atoms with van der Waals surface area (Å²) in [6, 6.07) is 18.1. The second-order valence-electron chi connectivity index (χ2n) is 5.24. The summed E-state index contributed by atoms with van der Waals surface area (Å²) in [4.78, 5) is 6.54. The van der Waals surface area contributed by atoms with Crippen molar-refractivity contribution in [2.75, 3.05) is 37.5 Å². The molecule has 0 radical (unpaired) electrons. The molecule has 2 aromatic carbocycles. The van der Waals surface area contributed by atoms with Gasteiger partial charge in [0.25, 0.3) is 0 Å². The van der Waals surface area contributed by atoms with E-state index in [2.05, 4.69) is 27.3 Å². The van der Waals surface area contributed by atoms with Gasteiger partial charge in [-0.3, -0.25) is 4.99 Å². The fourth-order valence-corrected chi connectivity index (χ4v) is 2.23. The van der Waals surface area contributed by atoms with Crippen LogP contribution in [0.25, 0.3) is 0 Å². The highest BCUT2D eigenvalue weighted by atomic mass is 127. The van der Waals surface area contributed by atoms with Crippen LogP contribution in [-0.4, -0.2) is 33.2 Å². The molecule has 0 fully saturated rings. The number of nitrogens with zero attached hydrogens (tertiary/aromatic N) is 2. The number of anilines is 2. The number of nitrogens with two attached hydrogens (primary N) is 1. The van der Waals surface area contributed by atoms with Crippen molar-refractivity contribution in [1.82, 2.24) is 0 Å². The molecule has 0 amide bonds. The zero-order valence-corrected chi connectivity index (χ0v) is 16.4. The Bertz CT molecular complexity index is 634. The van der Waals surface area contributed by atoms with Crippen molar-refractivity contribution in [3.8, 4) is 0 Å². The molecule has 0 aliphatic rings. The van der Waals surface area contributed by atoms with Crippen LogP contribution in [0.2, 0.25) is 0 Å². The summed E-state index contributed by atoms with van der Waals surface area (Å²) < 4.78 is 5.18. The van der Waals surface area contributed by atoms with E-state index in [1.54, 1.807) is 7.11 Å². The first-order valence-corrected chi connectivity index (χ1v) is 7.60. The fraction of sp³-hybridized carbons (Fsp3) is 0.278. The third-order valence-electron chi connectivity index (χ3n) is 3.49. The molecular formula is C18H25IN4O. The minimum Gasteiger partial charge on any atom is -0.380 e. The van der Waals surface area contributed by atoms with Gasteiger partial charge in [0.15, 0.2) is 5.96 Å². The molecule has 130 valence electrons. The molecule has 0 aliphatic heterocycles. The Morgan fingerprint density at radius 2 is 1.79 bits per heavy atom. The highest BCUT2D eigenvalue weighted by Crippen LogP contribution is 2.15.